The fourth-order valence-corrected chi connectivity index (χ4v) is 1.37. The molecule has 0 amide bonds. The second kappa shape index (κ2) is 4.81. The number of hydrogen-bond acceptors (Lipinski definition) is 4. The van der Waals surface area contributed by atoms with Gasteiger partial charge in [-0.1, -0.05) is 0 Å². The van der Waals surface area contributed by atoms with Crippen LogP contribution in [0.15, 0.2) is 36.5 Å². The maximum absolute atomic E-state index is 5.68. The van der Waals surface area contributed by atoms with Gasteiger partial charge in [0.1, 0.15) is 11.6 Å². The summed E-state index contributed by atoms with van der Waals surface area (Å²) >= 11 is 5.68. The van der Waals surface area contributed by atoms with Crippen molar-refractivity contribution in [2.24, 2.45) is 0 Å². The summed E-state index contributed by atoms with van der Waals surface area (Å²) < 4.78 is 5.06. The number of benzene rings is 1. The third-order valence-corrected chi connectivity index (χ3v) is 2.17. The number of aromatic nitrogens is 2. The number of methoxy groups -OCH3 is 1. The minimum absolute atomic E-state index is 0.221. The van der Waals surface area contributed by atoms with E-state index < -0.39 is 0 Å². The quantitative estimate of drug-likeness (QED) is 0.831. The van der Waals surface area contributed by atoms with Crippen molar-refractivity contribution < 1.29 is 4.74 Å². The number of hydrogen-bond donors (Lipinski definition) is 1. The second-order valence-corrected chi connectivity index (χ2v) is 3.40. The smallest absolute Gasteiger partial charge is 0.224 e. The molecule has 1 N–H and O–H groups in total. The predicted molar refractivity (Wildman–Crippen MR) is 63.3 cm³/mol. The van der Waals surface area contributed by atoms with Crippen LogP contribution in [0.3, 0.4) is 0 Å². The van der Waals surface area contributed by atoms with Gasteiger partial charge in [-0.3, -0.25) is 0 Å². The van der Waals surface area contributed by atoms with E-state index in [1.807, 2.05) is 24.3 Å². The summed E-state index contributed by atoms with van der Waals surface area (Å²) in [5.41, 5.74) is 0.913. The summed E-state index contributed by atoms with van der Waals surface area (Å²) in [6, 6.07) is 9.27. The highest BCUT2D eigenvalue weighted by Crippen LogP contribution is 2.18. The fraction of sp³-hybridized carbons (Fsp3) is 0.0909. The molecule has 0 saturated heterocycles. The molecule has 1 aromatic carbocycles. The molecule has 4 nitrogen and oxygen atoms in total. The van der Waals surface area contributed by atoms with Gasteiger partial charge in [-0.25, -0.2) is 9.97 Å². The van der Waals surface area contributed by atoms with Gasteiger partial charge in [0, 0.05) is 11.9 Å². The van der Waals surface area contributed by atoms with Crippen LogP contribution in [-0.2, 0) is 0 Å². The third kappa shape index (κ3) is 2.61. The van der Waals surface area contributed by atoms with Crippen molar-refractivity contribution in [3.05, 3.63) is 41.8 Å². The highest BCUT2D eigenvalue weighted by atomic mass is 35.5. The molecule has 0 spiro atoms. The molecule has 0 saturated carbocycles. The summed E-state index contributed by atoms with van der Waals surface area (Å²) in [4.78, 5) is 7.83. The van der Waals surface area contributed by atoms with Gasteiger partial charge in [0.05, 0.1) is 7.11 Å². The molecule has 0 fully saturated rings. The fourth-order valence-electron chi connectivity index (χ4n) is 1.23. The van der Waals surface area contributed by atoms with Crippen LogP contribution >= 0.6 is 11.6 Å². The van der Waals surface area contributed by atoms with Crippen molar-refractivity contribution in [3.63, 3.8) is 0 Å². The van der Waals surface area contributed by atoms with E-state index in [-0.39, 0.29) is 5.28 Å². The van der Waals surface area contributed by atoms with Gasteiger partial charge in [-0.05, 0) is 41.9 Å². The molecule has 16 heavy (non-hydrogen) atoms. The van der Waals surface area contributed by atoms with Crippen LogP contribution in [0.1, 0.15) is 0 Å². The van der Waals surface area contributed by atoms with Crippen molar-refractivity contribution in [2.45, 2.75) is 0 Å². The minimum atomic E-state index is 0.221. The molecule has 1 heterocycles. The molecule has 1 aromatic heterocycles. The van der Waals surface area contributed by atoms with Gasteiger partial charge in [-0.15, -0.1) is 0 Å². The summed E-state index contributed by atoms with van der Waals surface area (Å²) in [7, 11) is 1.63. The molecule has 0 aliphatic heterocycles. The predicted octanol–water partition coefficient (Wildman–Crippen LogP) is 2.88. The van der Waals surface area contributed by atoms with Crippen molar-refractivity contribution >= 4 is 23.1 Å². The molecule has 0 aliphatic carbocycles. The van der Waals surface area contributed by atoms with E-state index in [2.05, 4.69) is 15.3 Å². The molecule has 82 valence electrons. The first-order valence-electron chi connectivity index (χ1n) is 4.67. The Morgan fingerprint density at radius 1 is 1.19 bits per heavy atom. The van der Waals surface area contributed by atoms with Crippen LogP contribution in [0.2, 0.25) is 5.28 Å². The van der Waals surface area contributed by atoms with E-state index in [0.717, 1.165) is 11.4 Å². The van der Waals surface area contributed by atoms with Crippen LogP contribution in [0.25, 0.3) is 0 Å². The lowest BCUT2D eigenvalue weighted by Gasteiger charge is -2.06. The maximum Gasteiger partial charge on any atom is 0.224 e. The standard InChI is InChI=1S/C11H10ClN3O/c1-16-9-4-2-8(3-5-9)14-10-6-7-13-11(12)15-10/h2-7H,1H3,(H,13,14,15). The lowest BCUT2D eigenvalue weighted by molar-refractivity contribution is 0.415. The average Bonchev–Trinajstić information content (AvgIpc) is 2.30. The molecular formula is C11H10ClN3O. The lowest BCUT2D eigenvalue weighted by Crippen LogP contribution is -1.94. The molecule has 0 atom stereocenters. The molecule has 0 unspecified atom stereocenters. The summed E-state index contributed by atoms with van der Waals surface area (Å²) in [5, 5.41) is 3.33. The molecule has 2 rings (SSSR count). The number of anilines is 2. The first kappa shape index (κ1) is 10.7. The average molecular weight is 236 g/mol. The van der Waals surface area contributed by atoms with Crippen LogP contribution in [0.5, 0.6) is 5.75 Å². The molecular weight excluding hydrogens is 226 g/mol. The van der Waals surface area contributed by atoms with Crippen molar-refractivity contribution in [3.8, 4) is 5.75 Å². The Morgan fingerprint density at radius 3 is 2.56 bits per heavy atom. The largest absolute Gasteiger partial charge is 0.497 e. The first-order valence-corrected chi connectivity index (χ1v) is 5.05. The third-order valence-electron chi connectivity index (χ3n) is 1.99. The molecule has 0 bridgehead atoms. The van der Waals surface area contributed by atoms with E-state index in [4.69, 9.17) is 16.3 Å². The number of halogens is 1. The number of nitrogens with one attached hydrogen (secondary N) is 1. The van der Waals surface area contributed by atoms with E-state index in [1.54, 1.807) is 19.4 Å². The molecule has 2 aromatic rings. The number of ether oxygens (including phenoxy) is 1. The molecule has 0 aliphatic rings. The van der Waals surface area contributed by atoms with Gasteiger partial charge < -0.3 is 10.1 Å². The Hall–Kier alpha value is -1.81. The van der Waals surface area contributed by atoms with Crippen LogP contribution in [-0.4, -0.2) is 17.1 Å². The van der Waals surface area contributed by atoms with Crippen molar-refractivity contribution in [2.75, 3.05) is 12.4 Å². The Kier molecular flexibility index (Phi) is 3.22. The lowest BCUT2D eigenvalue weighted by atomic mass is 10.3. The monoisotopic (exact) mass is 235 g/mol. The highest BCUT2D eigenvalue weighted by molar-refractivity contribution is 6.28. The molecule has 0 radical (unpaired) electrons. The van der Waals surface area contributed by atoms with Gasteiger partial charge in [0.15, 0.2) is 0 Å². The van der Waals surface area contributed by atoms with Crippen LogP contribution in [0.4, 0.5) is 11.5 Å². The Labute approximate surface area is 98.3 Å². The Balaban J connectivity index is 2.14. The zero-order chi connectivity index (χ0) is 11.4. The first-order chi connectivity index (χ1) is 7.78. The number of nitrogens with zero attached hydrogens (tertiary/aromatic N) is 2. The van der Waals surface area contributed by atoms with Gasteiger partial charge in [-0.2, -0.15) is 0 Å². The Bertz CT molecular complexity index is 473. The molecule has 5 heteroatoms. The maximum atomic E-state index is 5.68. The van der Waals surface area contributed by atoms with E-state index in [9.17, 15) is 0 Å². The number of rotatable bonds is 3. The summed E-state index contributed by atoms with van der Waals surface area (Å²) in [5.74, 6) is 1.47. The van der Waals surface area contributed by atoms with Gasteiger partial charge in [0.2, 0.25) is 5.28 Å². The van der Waals surface area contributed by atoms with Crippen LogP contribution in [0, 0.1) is 0 Å². The van der Waals surface area contributed by atoms with Crippen molar-refractivity contribution in [1.82, 2.24) is 9.97 Å². The zero-order valence-electron chi connectivity index (χ0n) is 8.64. The van der Waals surface area contributed by atoms with Gasteiger partial charge >= 0.3 is 0 Å². The van der Waals surface area contributed by atoms with E-state index in [0.29, 0.717) is 5.82 Å². The summed E-state index contributed by atoms with van der Waals surface area (Å²) in [6.07, 6.45) is 1.60. The van der Waals surface area contributed by atoms with Crippen molar-refractivity contribution in [1.29, 1.82) is 0 Å². The SMILES string of the molecule is COc1ccc(Nc2ccnc(Cl)n2)cc1. The topological polar surface area (TPSA) is 47.0 Å². The zero-order valence-corrected chi connectivity index (χ0v) is 9.40. The Morgan fingerprint density at radius 2 is 1.94 bits per heavy atom. The minimum Gasteiger partial charge on any atom is -0.497 e. The highest BCUT2D eigenvalue weighted by Gasteiger charge is 1.98. The van der Waals surface area contributed by atoms with E-state index >= 15 is 0 Å². The van der Waals surface area contributed by atoms with Crippen LogP contribution < -0.4 is 10.1 Å². The van der Waals surface area contributed by atoms with Gasteiger partial charge in [0.25, 0.3) is 0 Å². The second-order valence-electron chi connectivity index (χ2n) is 3.06. The normalized spacial score (nSPS) is 9.88. The summed E-state index contributed by atoms with van der Waals surface area (Å²) in [6.45, 7) is 0. The van der Waals surface area contributed by atoms with E-state index in [1.165, 1.54) is 0 Å².